The van der Waals surface area contributed by atoms with Gasteiger partial charge >= 0.3 is 5.97 Å². The van der Waals surface area contributed by atoms with E-state index in [9.17, 15) is 14.4 Å². The summed E-state index contributed by atoms with van der Waals surface area (Å²) in [6.45, 7) is 2.99. The van der Waals surface area contributed by atoms with E-state index in [1.165, 1.54) is 7.11 Å². The van der Waals surface area contributed by atoms with Crippen LogP contribution in [0, 0.1) is 5.92 Å². The molecule has 0 aromatic heterocycles. The van der Waals surface area contributed by atoms with Gasteiger partial charge in [-0.05, 0) is 42.2 Å². The fraction of sp³-hybridized carbons (Fsp3) is 0.296. The van der Waals surface area contributed by atoms with Crippen LogP contribution < -0.4 is 10.1 Å². The van der Waals surface area contributed by atoms with Crippen molar-refractivity contribution >= 4 is 17.7 Å². The number of amides is 1. The number of methoxy groups -OCH3 is 1. The quantitative estimate of drug-likeness (QED) is 0.704. The molecule has 174 valence electrons. The predicted molar refractivity (Wildman–Crippen MR) is 125 cm³/mol. The van der Waals surface area contributed by atoms with Crippen molar-refractivity contribution < 1.29 is 23.9 Å². The van der Waals surface area contributed by atoms with Crippen molar-refractivity contribution in [2.75, 3.05) is 20.2 Å². The van der Waals surface area contributed by atoms with Crippen molar-refractivity contribution in [2.24, 2.45) is 5.92 Å². The van der Waals surface area contributed by atoms with E-state index in [1.54, 1.807) is 0 Å². The number of Topliss-reactive ketones (excluding diaryl/α,β-unsaturated/α-hetero) is 1. The molecule has 2 atom stereocenters. The third-order valence-corrected chi connectivity index (χ3v) is 6.53. The molecule has 1 saturated heterocycles. The average molecular weight is 459 g/mol. The molecule has 1 N–H and O–H groups in total. The third kappa shape index (κ3) is 3.77. The fourth-order valence-corrected chi connectivity index (χ4v) is 5.14. The number of hydrogen-bond acceptors (Lipinski definition) is 6. The zero-order chi connectivity index (χ0) is 23.8. The maximum absolute atomic E-state index is 13.4. The number of nitrogens with one attached hydrogen (secondary N) is 1. The van der Waals surface area contributed by atoms with E-state index >= 15 is 0 Å². The largest absolute Gasteiger partial charge is 0.466 e. The van der Waals surface area contributed by atoms with Crippen molar-refractivity contribution in [3.63, 3.8) is 0 Å². The van der Waals surface area contributed by atoms with E-state index in [1.807, 2.05) is 66.4 Å². The van der Waals surface area contributed by atoms with Gasteiger partial charge < -0.3 is 19.7 Å². The molecular weight excluding hydrogens is 432 g/mol. The van der Waals surface area contributed by atoms with Crippen LogP contribution in [0.5, 0.6) is 11.5 Å². The molecule has 7 nitrogen and oxygen atoms in total. The van der Waals surface area contributed by atoms with Gasteiger partial charge in [0.15, 0.2) is 5.78 Å². The molecule has 0 unspecified atom stereocenters. The summed E-state index contributed by atoms with van der Waals surface area (Å²) < 4.78 is 11.1. The minimum Gasteiger partial charge on any atom is -0.466 e. The first kappa shape index (κ1) is 21.9. The molecule has 0 spiro atoms. The summed E-state index contributed by atoms with van der Waals surface area (Å²) in [5.74, 6) is -0.246. The van der Waals surface area contributed by atoms with Crippen LogP contribution in [0.1, 0.15) is 31.2 Å². The van der Waals surface area contributed by atoms with Crippen molar-refractivity contribution in [1.29, 1.82) is 0 Å². The molecule has 2 aromatic carbocycles. The van der Waals surface area contributed by atoms with Crippen LogP contribution in [0.4, 0.5) is 0 Å². The van der Waals surface area contributed by atoms with E-state index < -0.39 is 11.9 Å². The van der Waals surface area contributed by atoms with Crippen LogP contribution in [0.2, 0.25) is 0 Å². The highest BCUT2D eigenvalue weighted by atomic mass is 16.5. The number of esters is 1. The number of carbonyl (C=O) groups is 3. The van der Waals surface area contributed by atoms with Crippen LogP contribution >= 0.6 is 0 Å². The number of para-hydroxylation sites is 1. The number of hydrogen-bond donors (Lipinski definition) is 1. The second-order valence-electron chi connectivity index (χ2n) is 8.88. The van der Waals surface area contributed by atoms with E-state index in [4.69, 9.17) is 9.47 Å². The molecule has 34 heavy (non-hydrogen) atoms. The number of allylic oxidation sites excluding steroid dienone is 2. The monoisotopic (exact) mass is 458 g/mol. The fourth-order valence-electron chi connectivity index (χ4n) is 5.14. The van der Waals surface area contributed by atoms with Gasteiger partial charge in [-0.15, -0.1) is 0 Å². The summed E-state index contributed by atoms with van der Waals surface area (Å²) in [7, 11) is 1.29. The number of carbonyl (C=O) groups excluding carboxylic acids is 3. The first-order valence-electron chi connectivity index (χ1n) is 11.4. The molecule has 1 fully saturated rings. The van der Waals surface area contributed by atoms with Gasteiger partial charge in [-0.25, -0.2) is 4.79 Å². The minimum atomic E-state index is -0.711. The molecule has 2 aromatic rings. The highest BCUT2D eigenvalue weighted by Crippen LogP contribution is 2.48. The summed E-state index contributed by atoms with van der Waals surface area (Å²) >= 11 is 0. The number of rotatable bonds is 4. The third-order valence-electron chi connectivity index (χ3n) is 6.53. The Balaban J connectivity index is 1.69. The molecule has 0 radical (unpaired) electrons. The van der Waals surface area contributed by atoms with Gasteiger partial charge in [-0.3, -0.25) is 9.59 Å². The van der Waals surface area contributed by atoms with Gasteiger partial charge in [0.2, 0.25) is 0 Å². The van der Waals surface area contributed by atoms with Gasteiger partial charge in [-0.1, -0.05) is 37.3 Å². The number of nitrogens with zero attached hydrogens (tertiary/aromatic N) is 1. The SMILES string of the molecule is COC(=O)C1=C2C(=O)NCCN2C2=C(C(=O)C[C@H](C)C2)[C@H]1c1cccc(Oc2ccccc2)c1. The van der Waals surface area contributed by atoms with Crippen LogP contribution in [0.15, 0.2) is 77.1 Å². The van der Waals surface area contributed by atoms with Gasteiger partial charge in [0.1, 0.15) is 17.2 Å². The molecule has 0 bridgehead atoms. The Bertz CT molecular complexity index is 1230. The minimum absolute atomic E-state index is 0.000402. The van der Waals surface area contributed by atoms with E-state index in [0.717, 1.165) is 5.70 Å². The lowest BCUT2D eigenvalue weighted by atomic mass is 9.72. The van der Waals surface area contributed by atoms with E-state index in [0.29, 0.717) is 48.6 Å². The molecule has 0 saturated carbocycles. The van der Waals surface area contributed by atoms with Crippen LogP contribution in [-0.2, 0) is 19.1 Å². The van der Waals surface area contributed by atoms with Crippen LogP contribution in [0.3, 0.4) is 0 Å². The summed E-state index contributed by atoms with van der Waals surface area (Å²) in [5, 5.41) is 2.85. The number of ketones is 1. The van der Waals surface area contributed by atoms with Gasteiger partial charge in [0.05, 0.1) is 12.7 Å². The standard InChI is InChI=1S/C27H26N2O5/c1-16-13-20-23(21(30)14-16)22(24(27(32)33-2)25-26(31)28-11-12-29(20)25)17-7-6-10-19(15-17)34-18-8-4-3-5-9-18/h3-10,15-16,22H,11-14H2,1-2H3,(H,28,31)/t16-,22-/m1/s1. The maximum atomic E-state index is 13.4. The Kier molecular flexibility index (Phi) is 5.69. The molecule has 5 rings (SSSR count). The lowest BCUT2D eigenvalue weighted by Gasteiger charge is -2.44. The smallest absolute Gasteiger partial charge is 0.337 e. The molecule has 1 amide bonds. The van der Waals surface area contributed by atoms with Gasteiger partial charge in [0, 0.05) is 36.7 Å². The topological polar surface area (TPSA) is 84.9 Å². The number of fused-ring (bicyclic) bond motifs is 2. The molecular formula is C27H26N2O5. The Morgan fingerprint density at radius 1 is 1.03 bits per heavy atom. The summed E-state index contributed by atoms with van der Waals surface area (Å²) in [6.07, 6.45) is 1.07. The van der Waals surface area contributed by atoms with Crippen molar-refractivity contribution in [2.45, 2.75) is 25.7 Å². The molecule has 2 aliphatic heterocycles. The van der Waals surface area contributed by atoms with Crippen molar-refractivity contribution in [3.8, 4) is 11.5 Å². The molecule has 2 heterocycles. The summed E-state index contributed by atoms with van der Waals surface area (Å²) in [5.41, 5.74) is 2.58. The van der Waals surface area contributed by atoms with Crippen LogP contribution in [0.25, 0.3) is 0 Å². The summed E-state index contributed by atoms with van der Waals surface area (Å²) in [4.78, 5) is 41.4. The second kappa shape index (κ2) is 8.82. The van der Waals surface area contributed by atoms with Crippen molar-refractivity contribution in [3.05, 3.63) is 82.7 Å². The lowest BCUT2D eigenvalue weighted by molar-refractivity contribution is -0.137. The maximum Gasteiger partial charge on any atom is 0.337 e. The highest BCUT2D eigenvalue weighted by molar-refractivity contribution is 6.09. The highest BCUT2D eigenvalue weighted by Gasteiger charge is 2.46. The Morgan fingerprint density at radius 2 is 1.79 bits per heavy atom. The number of benzene rings is 2. The predicted octanol–water partition coefficient (Wildman–Crippen LogP) is 3.69. The Hall–Kier alpha value is -3.87. The number of ether oxygens (including phenoxy) is 2. The van der Waals surface area contributed by atoms with Gasteiger partial charge in [-0.2, -0.15) is 0 Å². The normalized spacial score (nSPS) is 22.1. The Labute approximate surface area is 198 Å². The molecule has 1 aliphatic carbocycles. The number of piperazine rings is 1. The molecule has 7 heteroatoms. The first-order valence-corrected chi connectivity index (χ1v) is 11.4. The summed E-state index contributed by atoms with van der Waals surface area (Å²) in [6, 6.07) is 16.7. The van der Waals surface area contributed by atoms with Crippen molar-refractivity contribution in [1.82, 2.24) is 10.2 Å². The average Bonchev–Trinajstić information content (AvgIpc) is 2.84. The van der Waals surface area contributed by atoms with Crippen LogP contribution in [-0.4, -0.2) is 42.8 Å². The van der Waals surface area contributed by atoms with Gasteiger partial charge in [0.25, 0.3) is 5.91 Å². The lowest BCUT2D eigenvalue weighted by Crippen LogP contribution is -2.50. The second-order valence-corrected chi connectivity index (χ2v) is 8.88. The molecule has 3 aliphatic rings. The zero-order valence-electron chi connectivity index (χ0n) is 19.2. The van der Waals surface area contributed by atoms with E-state index in [2.05, 4.69) is 5.32 Å². The van der Waals surface area contributed by atoms with E-state index in [-0.39, 0.29) is 28.9 Å². The Morgan fingerprint density at radius 3 is 2.56 bits per heavy atom. The first-order chi connectivity index (χ1) is 16.5. The zero-order valence-corrected chi connectivity index (χ0v) is 19.2.